The highest BCUT2D eigenvalue weighted by atomic mass is 35.5. The van der Waals surface area contributed by atoms with E-state index in [0.29, 0.717) is 48.3 Å². The van der Waals surface area contributed by atoms with E-state index in [1.807, 2.05) is 24.3 Å². The number of aryl methyl sites for hydroxylation is 2. The van der Waals surface area contributed by atoms with E-state index in [1.165, 1.54) is 0 Å². The van der Waals surface area contributed by atoms with Crippen molar-refractivity contribution in [1.29, 1.82) is 0 Å². The van der Waals surface area contributed by atoms with Gasteiger partial charge in [-0.1, -0.05) is 17.7 Å². The zero-order valence-corrected chi connectivity index (χ0v) is 15.6. The van der Waals surface area contributed by atoms with Crippen LogP contribution in [0.15, 0.2) is 34.7 Å². The third kappa shape index (κ3) is 4.19. The topological polar surface area (TPSA) is 63.0 Å². The summed E-state index contributed by atoms with van der Waals surface area (Å²) in [6, 6.07) is 9.28. The van der Waals surface area contributed by atoms with Gasteiger partial charge in [-0.3, -0.25) is 4.79 Å². The Kier molecular flexibility index (Phi) is 5.52. The van der Waals surface area contributed by atoms with Gasteiger partial charge in [-0.05, 0) is 38.1 Å². The van der Waals surface area contributed by atoms with Crippen LogP contribution in [0.5, 0.6) is 0 Å². The first-order chi connectivity index (χ1) is 12.4. The summed E-state index contributed by atoms with van der Waals surface area (Å²) in [7, 11) is 0. The zero-order chi connectivity index (χ0) is 18.7. The molecule has 0 atom stereocenters. The fourth-order valence-corrected chi connectivity index (χ4v) is 3.20. The first-order valence-electron chi connectivity index (χ1n) is 8.46. The third-order valence-electron chi connectivity index (χ3n) is 4.39. The molecule has 0 spiro atoms. The molecule has 1 saturated heterocycles. The monoisotopic (exact) mass is 376 g/mol. The van der Waals surface area contributed by atoms with Gasteiger partial charge in [0.25, 0.3) is 5.91 Å². The van der Waals surface area contributed by atoms with Gasteiger partial charge in [0.2, 0.25) is 0 Å². The van der Waals surface area contributed by atoms with Crippen molar-refractivity contribution in [3.63, 3.8) is 0 Å². The van der Waals surface area contributed by atoms with Gasteiger partial charge in [-0.15, -0.1) is 0 Å². The minimum absolute atomic E-state index is 0.193. The summed E-state index contributed by atoms with van der Waals surface area (Å²) in [4.78, 5) is 28.3. The zero-order valence-electron chi connectivity index (χ0n) is 14.8. The predicted octanol–water partition coefficient (Wildman–Crippen LogP) is 3.06. The first kappa shape index (κ1) is 18.3. The van der Waals surface area contributed by atoms with Crippen LogP contribution in [-0.2, 0) is 9.53 Å². The van der Waals surface area contributed by atoms with Crippen LogP contribution in [0, 0.1) is 13.8 Å². The van der Waals surface area contributed by atoms with Crippen LogP contribution in [-0.4, -0.2) is 49.6 Å². The molecule has 1 aliphatic heterocycles. The van der Waals surface area contributed by atoms with E-state index in [4.69, 9.17) is 20.8 Å². The lowest BCUT2D eigenvalue weighted by Gasteiger charge is -2.36. The van der Waals surface area contributed by atoms with Crippen LogP contribution in [0.25, 0.3) is 0 Å². The summed E-state index contributed by atoms with van der Waals surface area (Å²) in [6.07, 6.45) is 0. The molecule has 138 valence electrons. The van der Waals surface area contributed by atoms with Crippen molar-refractivity contribution in [2.45, 2.75) is 13.8 Å². The summed E-state index contributed by atoms with van der Waals surface area (Å²) in [5.74, 6) is 0.403. The van der Waals surface area contributed by atoms with Crippen molar-refractivity contribution in [2.24, 2.45) is 0 Å². The number of hydrogen-bond donors (Lipinski definition) is 0. The number of ether oxygens (including phenoxy) is 1. The molecule has 1 fully saturated rings. The first-order valence-corrected chi connectivity index (χ1v) is 8.84. The van der Waals surface area contributed by atoms with Crippen LogP contribution in [0.3, 0.4) is 0 Å². The summed E-state index contributed by atoms with van der Waals surface area (Å²) < 4.78 is 10.5. The summed E-state index contributed by atoms with van der Waals surface area (Å²) in [5.41, 5.74) is 1.41. The van der Waals surface area contributed by atoms with Crippen LogP contribution >= 0.6 is 11.6 Å². The molecule has 0 aliphatic carbocycles. The number of nitrogens with zero attached hydrogens (tertiary/aromatic N) is 2. The van der Waals surface area contributed by atoms with E-state index in [9.17, 15) is 9.59 Å². The van der Waals surface area contributed by atoms with Gasteiger partial charge in [0.05, 0.1) is 0 Å². The molecule has 1 aromatic carbocycles. The maximum Gasteiger partial charge on any atom is 0.342 e. The molecule has 6 nitrogen and oxygen atoms in total. The van der Waals surface area contributed by atoms with Gasteiger partial charge in [0.15, 0.2) is 6.61 Å². The number of amides is 1. The maximum absolute atomic E-state index is 12.3. The smallest absolute Gasteiger partial charge is 0.342 e. The van der Waals surface area contributed by atoms with E-state index >= 15 is 0 Å². The molecular weight excluding hydrogens is 356 g/mol. The molecular formula is C19H21ClN2O4. The molecule has 1 aromatic heterocycles. The number of anilines is 1. The highest BCUT2D eigenvalue weighted by molar-refractivity contribution is 6.30. The van der Waals surface area contributed by atoms with E-state index < -0.39 is 5.97 Å². The largest absolute Gasteiger partial charge is 0.466 e. The lowest BCUT2D eigenvalue weighted by atomic mass is 10.2. The molecule has 26 heavy (non-hydrogen) atoms. The number of esters is 1. The molecule has 3 rings (SSSR count). The fourth-order valence-electron chi connectivity index (χ4n) is 3.02. The van der Waals surface area contributed by atoms with Crippen molar-refractivity contribution in [1.82, 2.24) is 4.90 Å². The molecule has 0 unspecified atom stereocenters. The molecule has 1 amide bonds. The maximum atomic E-state index is 12.3. The Morgan fingerprint density at radius 2 is 1.88 bits per heavy atom. The van der Waals surface area contributed by atoms with Gasteiger partial charge < -0.3 is 19.0 Å². The molecule has 0 bridgehead atoms. The second kappa shape index (κ2) is 7.83. The van der Waals surface area contributed by atoms with Crippen molar-refractivity contribution >= 4 is 29.2 Å². The number of benzene rings is 1. The van der Waals surface area contributed by atoms with E-state index in [-0.39, 0.29) is 12.5 Å². The van der Waals surface area contributed by atoms with Crippen molar-refractivity contribution < 1.29 is 18.7 Å². The minimum Gasteiger partial charge on any atom is -0.466 e. The van der Waals surface area contributed by atoms with Crippen LogP contribution < -0.4 is 4.90 Å². The van der Waals surface area contributed by atoms with E-state index in [0.717, 1.165) is 5.69 Å². The standard InChI is InChI=1S/C19H21ClN2O4/c1-13-10-17(14(2)26-13)19(24)25-12-18(23)22-8-6-21(7-9-22)16-5-3-4-15(20)11-16/h3-5,10-11H,6-9,12H2,1-2H3. The number of rotatable bonds is 4. The molecule has 1 aliphatic rings. The predicted molar refractivity (Wildman–Crippen MR) is 98.7 cm³/mol. The van der Waals surface area contributed by atoms with E-state index in [2.05, 4.69) is 4.90 Å². The molecule has 0 saturated carbocycles. The number of hydrogen-bond acceptors (Lipinski definition) is 5. The van der Waals surface area contributed by atoms with Gasteiger partial charge in [0, 0.05) is 36.9 Å². The van der Waals surface area contributed by atoms with Gasteiger partial charge in [-0.2, -0.15) is 0 Å². The van der Waals surface area contributed by atoms with Crippen LogP contribution in [0.2, 0.25) is 5.02 Å². The van der Waals surface area contributed by atoms with Crippen molar-refractivity contribution in [2.75, 3.05) is 37.7 Å². The summed E-state index contributed by atoms with van der Waals surface area (Å²) in [6.45, 7) is 5.76. The van der Waals surface area contributed by atoms with E-state index in [1.54, 1.807) is 24.8 Å². The lowest BCUT2D eigenvalue weighted by Crippen LogP contribution is -2.49. The average Bonchev–Trinajstić information content (AvgIpc) is 2.98. The third-order valence-corrected chi connectivity index (χ3v) is 4.63. The van der Waals surface area contributed by atoms with Gasteiger partial charge >= 0.3 is 5.97 Å². The molecule has 0 radical (unpaired) electrons. The Morgan fingerprint density at radius 1 is 1.15 bits per heavy atom. The molecule has 0 N–H and O–H groups in total. The van der Waals surface area contributed by atoms with Crippen LogP contribution in [0.1, 0.15) is 21.9 Å². The Balaban J connectivity index is 1.49. The molecule has 2 heterocycles. The van der Waals surface area contributed by atoms with Gasteiger partial charge in [-0.25, -0.2) is 4.79 Å². The van der Waals surface area contributed by atoms with Crippen molar-refractivity contribution in [3.05, 3.63) is 52.4 Å². The highest BCUT2D eigenvalue weighted by Gasteiger charge is 2.23. The quantitative estimate of drug-likeness (QED) is 0.767. The second-order valence-corrected chi connectivity index (χ2v) is 6.69. The van der Waals surface area contributed by atoms with Crippen LogP contribution in [0.4, 0.5) is 5.69 Å². The number of piperazine rings is 1. The highest BCUT2D eigenvalue weighted by Crippen LogP contribution is 2.21. The van der Waals surface area contributed by atoms with Gasteiger partial charge in [0.1, 0.15) is 17.1 Å². The summed E-state index contributed by atoms with van der Waals surface area (Å²) >= 11 is 6.03. The lowest BCUT2D eigenvalue weighted by molar-refractivity contribution is -0.134. The minimum atomic E-state index is -0.537. The average molecular weight is 377 g/mol. The fraction of sp³-hybridized carbons (Fsp3) is 0.368. The van der Waals surface area contributed by atoms with Crippen molar-refractivity contribution in [3.8, 4) is 0 Å². The number of carbonyl (C=O) groups excluding carboxylic acids is 2. The molecule has 7 heteroatoms. The Morgan fingerprint density at radius 3 is 2.50 bits per heavy atom. The Labute approximate surface area is 157 Å². The SMILES string of the molecule is Cc1cc(C(=O)OCC(=O)N2CCN(c3cccc(Cl)c3)CC2)c(C)o1. The Bertz CT molecular complexity index is 810. The Hall–Kier alpha value is -2.47. The summed E-state index contributed by atoms with van der Waals surface area (Å²) in [5, 5.41) is 0.692. The number of furan rings is 1. The normalized spacial score (nSPS) is 14.4. The second-order valence-electron chi connectivity index (χ2n) is 6.25. The molecule has 2 aromatic rings. The number of halogens is 1. The number of carbonyl (C=O) groups is 2.